The second-order valence-corrected chi connectivity index (χ2v) is 8.17. The summed E-state index contributed by atoms with van der Waals surface area (Å²) in [7, 11) is 0. The number of carbonyl (C=O) groups is 3. The number of ether oxygens (including phenoxy) is 2. The maximum absolute atomic E-state index is 12.7. The van der Waals surface area contributed by atoms with E-state index < -0.39 is 12.1 Å². The molecule has 12 heteroatoms. The van der Waals surface area contributed by atoms with E-state index in [0.717, 1.165) is 0 Å². The van der Waals surface area contributed by atoms with Crippen LogP contribution in [0.1, 0.15) is 16.8 Å². The molecule has 1 aromatic heterocycles. The Labute approximate surface area is 188 Å². The van der Waals surface area contributed by atoms with Gasteiger partial charge in [-0.2, -0.15) is 13.2 Å². The number of carboxylic acids is 1. The number of nitrogens with zero attached hydrogens (tertiary/aromatic N) is 3. The fourth-order valence-corrected chi connectivity index (χ4v) is 4.32. The second-order valence-electron chi connectivity index (χ2n) is 8.17. The molecule has 4 heterocycles. The largest absolute Gasteiger partial charge is 0.490 e. The molecule has 0 spiro atoms. The van der Waals surface area contributed by atoms with Crippen LogP contribution in [0.2, 0.25) is 0 Å². The molecule has 0 unspecified atom stereocenters. The third-order valence-corrected chi connectivity index (χ3v) is 6.02. The highest BCUT2D eigenvalue weighted by Gasteiger charge is 2.43. The van der Waals surface area contributed by atoms with Gasteiger partial charge in [-0.15, -0.1) is 0 Å². The maximum atomic E-state index is 12.7. The quantitative estimate of drug-likeness (QED) is 0.705. The molecule has 3 atom stereocenters. The summed E-state index contributed by atoms with van der Waals surface area (Å²) in [5.41, 5.74) is 0.667. The molecule has 9 nitrogen and oxygen atoms in total. The third kappa shape index (κ3) is 6.64. The molecule has 4 rings (SSSR count). The van der Waals surface area contributed by atoms with Gasteiger partial charge in [0, 0.05) is 56.5 Å². The zero-order chi connectivity index (χ0) is 24.0. The number of aliphatic carboxylic acids is 1. The minimum Gasteiger partial charge on any atom is -0.475 e. The lowest BCUT2D eigenvalue weighted by atomic mass is 9.81. The van der Waals surface area contributed by atoms with E-state index in [1.807, 2.05) is 9.80 Å². The van der Waals surface area contributed by atoms with Gasteiger partial charge in [0.15, 0.2) is 0 Å². The van der Waals surface area contributed by atoms with E-state index in [1.54, 1.807) is 24.5 Å². The summed E-state index contributed by atoms with van der Waals surface area (Å²) in [4.78, 5) is 42.0. The molecule has 0 aromatic carbocycles. The normalized spacial score (nSPS) is 25.0. The summed E-state index contributed by atoms with van der Waals surface area (Å²) in [5, 5.41) is 7.12. The van der Waals surface area contributed by atoms with E-state index in [9.17, 15) is 22.8 Å². The number of aromatic nitrogens is 1. The molecular weight excluding hydrogens is 447 g/mol. The summed E-state index contributed by atoms with van der Waals surface area (Å²) in [6.07, 6.45) is -1.30. The molecule has 3 aliphatic rings. The number of likely N-dealkylation sites (tertiary alicyclic amines) is 1. The lowest BCUT2D eigenvalue weighted by molar-refractivity contribution is -0.192. The third-order valence-electron chi connectivity index (χ3n) is 6.02. The van der Waals surface area contributed by atoms with Gasteiger partial charge in [0.25, 0.3) is 5.91 Å². The zero-order valence-electron chi connectivity index (χ0n) is 17.9. The number of rotatable bonds is 3. The second kappa shape index (κ2) is 10.9. The number of amides is 2. The molecule has 3 saturated heterocycles. The Morgan fingerprint density at radius 1 is 1.03 bits per heavy atom. The standard InChI is InChI=1S/C19H25N3O4.C2HF3O2/c23-18(21-5-7-25-8-6-21)9-15-12-26-13-16-10-22(11-17(15)16)19(24)14-1-3-20-4-2-14;3-2(4,5)1(6)7/h1-4,15-17H,5-13H2;(H,6,7)/t15-,16-,17+;/m1./s1. The molecule has 0 radical (unpaired) electrons. The van der Waals surface area contributed by atoms with Gasteiger partial charge in [-0.25, -0.2) is 4.79 Å². The highest BCUT2D eigenvalue weighted by Crippen LogP contribution is 2.36. The van der Waals surface area contributed by atoms with Crippen molar-refractivity contribution in [3.05, 3.63) is 30.1 Å². The van der Waals surface area contributed by atoms with Crippen molar-refractivity contribution >= 4 is 17.8 Å². The Morgan fingerprint density at radius 3 is 2.27 bits per heavy atom. The minimum atomic E-state index is -5.08. The predicted molar refractivity (Wildman–Crippen MR) is 107 cm³/mol. The Hall–Kier alpha value is -2.73. The van der Waals surface area contributed by atoms with Crippen LogP contribution in [-0.4, -0.2) is 96.5 Å². The van der Waals surface area contributed by atoms with Crippen molar-refractivity contribution in [2.75, 3.05) is 52.6 Å². The van der Waals surface area contributed by atoms with E-state index in [-0.39, 0.29) is 17.7 Å². The van der Waals surface area contributed by atoms with Gasteiger partial charge < -0.3 is 24.4 Å². The SMILES string of the molecule is O=C(C[C@@H]1COC[C@H]2CN(C(=O)c3ccncc3)C[C@@H]12)N1CCOCC1.O=C(O)C(F)(F)F. The molecule has 3 aliphatic heterocycles. The fourth-order valence-electron chi connectivity index (χ4n) is 4.32. The summed E-state index contributed by atoms with van der Waals surface area (Å²) >= 11 is 0. The van der Waals surface area contributed by atoms with E-state index in [0.29, 0.717) is 76.4 Å². The summed E-state index contributed by atoms with van der Waals surface area (Å²) < 4.78 is 42.8. The molecule has 1 N–H and O–H groups in total. The maximum Gasteiger partial charge on any atom is 0.490 e. The first kappa shape index (κ1) is 24.9. The van der Waals surface area contributed by atoms with Crippen LogP contribution in [0.3, 0.4) is 0 Å². The first-order valence-electron chi connectivity index (χ1n) is 10.6. The smallest absolute Gasteiger partial charge is 0.475 e. The highest BCUT2D eigenvalue weighted by molar-refractivity contribution is 5.94. The van der Waals surface area contributed by atoms with Crippen molar-refractivity contribution < 1.29 is 42.1 Å². The first-order chi connectivity index (χ1) is 15.7. The molecule has 182 valence electrons. The van der Waals surface area contributed by atoms with Crippen molar-refractivity contribution in [1.82, 2.24) is 14.8 Å². The van der Waals surface area contributed by atoms with Gasteiger partial charge in [-0.05, 0) is 24.0 Å². The summed E-state index contributed by atoms with van der Waals surface area (Å²) in [6, 6.07) is 3.50. The lowest BCUT2D eigenvalue weighted by Crippen LogP contribution is -2.44. The number of carbonyl (C=O) groups excluding carboxylic acids is 2. The van der Waals surface area contributed by atoms with Crippen molar-refractivity contribution in [2.24, 2.45) is 17.8 Å². The van der Waals surface area contributed by atoms with Gasteiger partial charge in [0.05, 0.1) is 26.4 Å². The number of pyridine rings is 1. The van der Waals surface area contributed by atoms with Crippen molar-refractivity contribution in [1.29, 1.82) is 0 Å². The Bertz CT molecular complexity index is 832. The van der Waals surface area contributed by atoms with Gasteiger partial charge in [-0.3, -0.25) is 14.6 Å². The van der Waals surface area contributed by atoms with Crippen LogP contribution in [0.4, 0.5) is 13.2 Å². The Kier molecular flexibility index (Phi) is 8.25. The lowest BCUT2D eigenvalue weighted by Gasteiger charge is -2.34. The number of fused-ring (bicyclic) bond motifs is 1. The highest BCUT2D eigenvalue weighted by atomic mass is 19.4. The molecular formula is C21H26F3N3O6. The average Bonchev–Trinajstić information content (AvgIpc) is 3.25. The van der Waals surface area contributed by atoms with Gasteiger partial charge in [0.1, 0.15) is 0 Å². The fraction of sp³-hybridized carbons (Fsp3) is 0.619. The van der Waals surface area contributed by atoms with Crippen molar-refractivity contribution in [3.63, 3.8) is 0 Å². The van der Waals surface area contributed by atoms with E-state index in [4.69, 9.17) is 19.4 Å². The van der Waals surface area contributed by atoms with Crippen LogP contribution < -0.4 is 0 Å². The van der Waals surface area contributed by atoms with Crippen molar-refractivity contribution in [2.45, 2.75) is 12.6 Å². The Morgan fingerprint density at radius 2 is 1.67 bits per heavy atom. The van der Waals surface area contributed by atoms with Crippen LogP contribution in [0.5, 0.6) is 0 Å². The van der Waals surface area contributed by atoms with E-state index in [2.05, 4.69) is 4.98 Å². The zero-order valence-corrected chi connectivity index (χ0v) is 17.9. The average molecular weight is 473 g/mol. The number of hydrogen-bond acceptors (Lipinski definition) is 6. The first-order valence-corrected chi connectivity index (χ1v) is 10.6. The predicted octanol–water partition coefficient (Wildman–Crippen LogP) is 1.30. The molecule has 2 amide bonds. The van der Waals surface area contributed by atoms with Crippen LogP contribution in [0.25, 0.3) is 0 Å². The van der Waals surface area contributed by atoms with Gasteiger partial charge in [0.2, 0.25) is 5.91 Å². The summed E-state index contributed by atoms with van der Waals surface area (Å²) in [6.45, 7) is 5.27. The number of halogens is 3. The van der Waals surface area contributed by atoms with Crippen LogP contribution in [-0.2, 0) is 19.1 Å². The van der Waals surface area contributed by atoms with Gasteiger partial charge in [-0.1, -0.05) is 0 Å². The number of hydrogen-bond donors (Lipinski definition) is 1. The molecule has 0 aliphatic carbocycles. The number of carboxylic acid groups (broad SMARTS) is 1. The number of alkyl halides is 3. The Balaban J connectivity index is 0.000000383. The molecule has 1 aromatic rings. The van der Waals surface area contributed by atoms with E-state index in [1.165, 1.54) is 0 Å². The molecule has 0 saturated carbocycles. The topological polar surface area (TPSA) is 109 Å². The van der Waals surface area contributed by atoms with Crippen LogP contribution in [0, 0.1) is 17.8 Å². The number of morpholine rings is 1. The van der Waals surface area contributed by atoms with E-state index >= 15 is 0 Å². The molecule has 33 heavy (non-hydrogen) atoms. The monoisotopic (exact) mass is 473 g/mol. The van der Waals surface area contributed by atoms with Gasteiger partial charge >= 0.3 is 12.1 Å². The summed E-state index contributed by atoms with van der Waals surface area (Å²) in [5.74, 6) is -1.70. The minimum absolute atomic E-state index is 0.0417. The van der Waals surface area contributed by atoms with Crippen LogP contribution >= 0.6 is 0 Å². The molecule has 3 fully saturated rings. The van der Waals surface area contributed by atoms with Crippen LogP contribution in [0.15, 0.2) is 24.5 Å². The van der Waals surface area contributed by atoms with Crippen molar-refractivity contribution in [3.8, 4) is 0 Å². The molecule has 0 bridgehead atoms.